The molecule has 5 nitrogen and oxygen atoms in total. The lowest BCUT2D eigenvalue weighted by Crippen LogP contribution is -2.32. The number of rotatable bonds is 4. The molecule has 0 unspecified atom stereocenters. The van der Waals surface area contributed by atoms with Crippen molar-refractivity contribution >= 4 is 11.6 Å². The van der Waals surface area contributed by atoms with E-state index in [0.717, 1.165) is 12.1 Å². The summed E-state index contributed by atoms with van der Waals surface area (Å²) in [6.45, 7) is 6.84. The molecular formula is C12H22N4O. The lowest BCUT2D eigenvalue weighted by atomic mass is 10.2. The zero-order valence-corrected chi connectivity index (χ0v) is 11.3. The quantitative estimate of drug-likeness (QED) is 0.859. The highest BCUT2D eigenvalue weighted by Gasteiger charge is 2.22. The Morgan fingerprint density at radius 1 is 1.53 bits per heavy atom. The normalized spacial score (nSPS) is 10.9. The van der Waals surface area contributed by atoms with Crippen molar-refractivity contribution in [2.75, 3.05) is 19.3 Å². The van der Waals surface area contributed by atoms with E-state index in [-0.39, 0.29) is 5.91 Å². The van der Waals surface area contributed by atoms with Gasteiger partial charge in [-0.05, 0) is 12.3 Å². The molecule has 5 heteroatoms. The zero-order valence-electron chi connectivity index (χ0n) is 11.3. The highest BCUT2D eigenvalue weighted by atomic mass is 16.2. The molecule has 0 spiro atoms. The van der Waals surface area contributed by atoms with E-state index in [1.165, 1.54) is 0 Å². The Morgan fingerprint density at radius 3 is 2.53 bits per heavy atom. The van der Waals surface area contributed by atoms with Crippen LogP contribution in [0.15, 0.2) is 0 Å². The van der Waals surface area contributed by atoms with Gasteiger partial charge in [0.05, 0.1) is 11.4 Å². The number of nitrogens with two attached hydrogens (primary N) is 1. The molecule has 0 atom stereocenters. The van der Waals surface area contributed by atoms with Crippen molar-refractivity contribution in [3.63, 3.8) is 0 Å². The number of aromatic nitrogens is 2. The van der Waals surface area contributed by atoms with Gasteiger partial charge in [0, 0.05) is 20.6 Å². The van der Waals surface area contributed by atoms with Crippen LogP contribution in [0, 0.1) is 5.92 Å². The number of hydrogen-bond acceptors (Lipinski definition) is 3. The maximum absolute atomic E-state index is 12.2. The number of amides is 1. The first-order chi connectivity index (χ1) is 7.88. The van der Waals surface area contributed by atoms with Crippen LogP contribution in [0.1, 0.15) is 37.0 Å². The van der Waals surface area contributed by atoms with Crippen molar-refractivity contribution < 1.29 is 4.79 Å². The molecule has 1 heterocycles. The molecule has 0 fully saturated rings. The summed E-state index contributed by atoms with van der Waals surface area (Å²) in [6.07, 6.45) is 0.737. The van der Waals surface area contributed by atoms with Gasteiger partial charge in [-0.15, -0.1) is 0 Å². The Labute approximate surface area is 103 Å². The fourth-order valence-corrected chi connectivity index (χ4v) is 1.92. The molecule has 0 aliphatic carbocycles. The van der Waals surface area contributed by atoms with Crippen LogP contribution in [0.5, 0.6) is 0 Å². The summed E-state index contributed by atoms with van der Waals surface area (Å²) in [4.78, 5) is 13.9. The number of carbonyl (C=O) groups is 1. The van der Waals surface area contributed by atoms with Crippen LogP contribution in [0.25, 0.3) is 0 Å². The number of nitrogens with zero attached hydrogens (tertiary/aromatic N) is 3. The second-order valence-electron chi connectivity index (χ2n) is 4.77. The molecule has 0 saturated carbocycles. The minimum absolute atomic E-state index is 0.0640. The largest absolute Gasteiger partial charge is 0.395 e. The second-order valence-corrected chi connectivity index (χ2v) is 4.77. The first-order valence-electron chi connectivity index (χ1n) is 5.95. The van der Waals surface area contributed by atoms with Gasteiger partial charge < -0.3 is 10.6 Å². The molecule has 0 radical (unpaired) electrons. The van der Waals surface area contributed by atoms with Crippen LogP contribution < -0.4 is 5.73 Å². The van der Waals surface area contributed by atoms with Gasteiger partial charge in [0.1, 0.15) is 5.69 Å². The maximum atomic E-state index is 12.2. The van der Waals surface area contributed by atoms with Gasteiger partial charge in [0.15, 0.2) is 0 Å². The van der Waals surface area contributed by atoms with Crippen molar-refractivity contribution in [2.24, 2.45) is 13.0 Å². The maximum Gasteiger partial charge on any atom is 0.274 e. The van der Waals surface area contributed by atoms with Crippen LogP contribution in [0.4, 0.5) is 5.69 Å². The molecule has 17 heavy (non-hydrogen) atoms. The molecule has 1 aromatic heterocycles. The number of carbonyl (C=O) groups excluding carboxylic acids is 1. The predicted molar refractivity (Wildman–Crippen MR) is 68.8 cm³/mol. The fourth-order valence-electron chi connectivity index (χ4n) is 1.92. The molecule has 1 rings (SSSR count). The van der Waals surface area contributed by atoms with E-state index in [1.54, 1.807) is 23.7 Å². The van der Waals surface area contributed by atoms with Gasteiger partial charge >= 0.3 is 0 Å². The predicted octanol–water partition coefficient (Wildman–Crippen LogP) is 1.29. The lowest BCUT2D eigenvalue weighted by Gasteiger charge is -2.19. The van der Waals surface area contributed by atoms with E-state index < -0.39 is 0 Å². The van der Waals surface area contributed by atoms with Crippen molar-refractivity contribution in [1.29, 1.82) is 0 Å². The van der Waals surface area contributed by atoms with E-state index >= 15 is 0 Å². The lowest BCUT2D eigenvalue weighted by molar-refractivity contribution is 0.0769. The third-order valence-electron chi connectivity index (χ3n) is 2.68. The highest BCUT2D eigenvalue weighted by Crippen LogP contribution is 2.18. The Hall–Kier alpha value is -1.52. The molecule has 1 aromatic rings. The van der Waals surface area contributed by atoms with E-state index in [0.29, 0.717) is 23.8 Å². The average Bonchev–Trinajstić information content (AvgIpc) is 2.51. The minimum Gasteiger partial charge on any atom is -0.395 e. The highest BCUT2D eigenvalue weighted by molar-refractivity contribution is 5.97. The van der Waals surface area contributed by atoms with Gasteiger partial charge in [-0.1, -0.05) is 20.8 Å². The van der Waals surface area contributed by atoms with Crippen LogP contribution in [0.2, 0.25) is 0 Å². The van der Waals surface area contributed by atoms with E-state index in [1.807, 2.05) is 6.92 Å². The Morgan fingerprint density at radius 2 is 2.12 bits per heavy atom. The molecule has 2 N–H and O–H groups in total. The molecule has 0 bridgehead atoms. The summed E-state index contributed by atoms with van der Waals surface area (Å²) in [5.41, 5.74) is 7.74. The molecule has 0 aromatic carbocycles. The summed E-state index contributed by atoms with van der Waals surface area (Å²) < 4.78 is 1.58. The Bertz CT molecular complexity index is 409. The molecule has 96 valence electrons. The number of nitrogen functional groups attached to an aromatic ring is 1. The topological polar surface area (TPSA) is 64.2 Å². The monoisotopic (exact) mass is 238 g/mol. The summed E-state index contributed by atoms with van der Waals surface area (Å²) in [5.74, 6) is 0.370. The van der Waals surface area contributed by atoms with Crippen LogP contribution in [-0.2, 0) is 13.5 Å². The van der Waals surface area contributed by atoms with Crippen LogP contribution >= 0.6 is 0 Å². The van der Waals surface area contributed by atoms with Gasteiger partial charge in [-0.3, -0.25) is 9.48 Å². The van der Waals surface area contributed by atoms with Crippen LogP contribution in [0.3, 0.4) is 0 Å². The second kappa shape index (κ2) is 5.21. The first kappa shape index (κ1) is 13.5. The SMILES string of the molecule is CCc1nn(C)c(C(=O)N(C)CC(C)C)c1N. The molecule has 0 saturated heterocycles. The van der Waals surface area contributed by atoms with Gasteiger partial charge in [-0.25, -0.2) is 0 Å². The Balaban J connectivity index is 3.00. The van der Waals surface area contributed by atoms with Gasteiger partial charge in [0.25, 0.3) is 5.91 Å². The third kappa shape index (κ3) is 2.78. The summed E-state index contributed by atoms with van der Waals surface area (Å²) in [5, 5.41) is 4.26. The van der Waals surface area contributed by atoms with Crippen molar-refractivity contribution in [3.8, 4) is 0 Å². The van der Waals surface area contributed by atoms with Crippen molar-refractivity contribution in [2.45, 2.75) is 27.2 Å². The zero-order chi connectivity index (χ0) is 13.2. The summed E-state index contributed by atoms with van der Waals surface area (Å²) in [7, 11) is 3.55. The standard InChI is InChI=1S/C12H22N4O/c1-6-9-10(13)11(16(5)14-9)12(17)15(4)7-8(2)3/h8H,6-7,13H2,1-5H3. The van der Waals surface area contributed by atoms with Crippen molar-refractivity contribution in [1.82, 2.24) is 14.7 Å². The fraction of sp³-hybridized carbons (Fsp3) is 0.667. The molecular weight excluding hydrogens is 216 g/mol. The minimum atomic E-state index is -0.0640. The van der Waals surface area contributed by atoms with E-state index in [4.69, 9.17) is 5.73 Å². The number of hydrogen-bond donors (Lipinski definition) is 1. The van der Waals surface area contributed by atoms with Gasteiger partial charge in [0.2, 0.25) is 0 Å². The number of aryl methyl sites for hydroxylation is 2. The smallest absolute Gasteiger partial charge is 0.274 e. The molecule has 0 aliphatic heterocycles. The Kier molecular flexibility index (Phi) is 4.15. The van der Waals surface area contributed by atoms with Gasteiger partial charge in [-0.2, -0.15) is 5.10 Å². The number of anilines is 1. The third-order valence-corrected chi connectivity index (χ3v) is 2.68. The average molecular weight is 238 g/mol. The molecule has 1 amide bonds. The van der Waals surface area contributed by atoms with E-state index in [9.17, 15) is 4.79 Å². The van der Waals surface area contributed by atoms with E-state index in [2.05, 4.69) is 18.9 Å². The van der Waals surface area contributed by atoms with Crippen molar-refractivity contribution in [3.05, 3.63) is 11.4 Å². The summed E-state index contributed by atoms with van der Waals surface area (Å²) in [6, 6.07) is 0. The van der Waals surface area contributed by atoms with Crippen LogP contribution in [-0.4, -0.2) is 34.2 Å². The summed E-state index contributed by atoms with van der Waals surface area (Å²) >= 11 is 0. The molecule has 0 aliphatic rings. The first-order valence-corrected chi connectivity index (χ1v) is 5.95.